The first-order valence-electron chi connectivity index (χ1n) is 6.08. The normalized spacial score (nSPS) is 23.5. The third-order valence-corrected chi connectivity index (χ3v) is 3.05. The zero-order valence-corrected chi connectivity index (χ0v) is 10.9. The number of nitrogens with zero attached hydrogens (tertiary/aromatic N) is 1. The summed E-state index contributed by atoms with van der Waals surface area (Å²) in [5, 5.41) is 0. The molecule has 1 amide bonds. The smallest absolute Gasteiger partial charge is 0.410 e. The first-order valence-corrected chi connectivity index (χ1v) is 6.08. The summed E-state index contributed by atoms with van der Waals surface area (Å²) in [5.41, 5.74) is 0.614. The van der Waals surface area contributed by atoms with Crippen molar-refractivity contribution in [2.24, 2.45) is 0 Å². The van der Waals surface area contributed by atoms with Crippen LogP contribution in [-0.4, -0.2) is 41.9 Å². The van der Waals surface area contributed by atoms with E-state index in [4.69, 9.17) is 9.47 Å². The van der Waals surface area contributed by atoms with Crippen LogP contribution in [0.5, 0.6) is 0 Å². The molecule has 0 atom stereocenters. The highest BCUT2D eigenvalue weighted by molar-refractivity contribution is 5.69. The zero-order valence-electron chi connectivity index (χ0n) is 10.9. The van der Waals surface area contributed by atoms with Crippen molar-refractivity contribution >= 4 is 6.09 Å². The minimum absolute atomic E-state index is 0.174. The monoisotopic (exact) mass is 239 g/mol. The highest BCUT2D eigenvalue weighted by Gasteiger charge is 2.48. The second-order valence-electron chi connectivity index (χ2n) is 6.04. The fourth-order valence-corrected chi connectivity index (χ4v) is 2.31. The molecule has 1 spiro atoms. The van der Waals surface area contributed by atoms with Crippen molar-refractivity contribution in [2.45, 2.75) is 44.8 Å². The van der Waals surface area contributed by atoms with Crippen molar-refractivity contribution in [2.75, 3.05) is 19.7 Å². The second kappa shape index (κ2) is 4.02. The Bertz CT molecular complexity index is 337. The molecule has 0 bridgehead atoms. The Morgan fingerprint density at radius 2 is 2.12 bits per heavy atom. The molecule has 0 aromatic rings. The molecule has 17 heavy (non-hydrogen) atoms. The molecule has 0 unspecified atom stereocenters. The van der Waals surface area contributed by atoms with Gasteiger partial charge in [-0.05, 0) is 27.2 Å². The molecule has 0 aromatic heterocycles. The molecule has 0 N–H and O–H groups in total. The molecule has 2 rings (SSSR count). The molecule has 2 saturated heterocycles. The number of rotatable bonds is 0. The average molecular weight is 239 g/mol. The maximum atomic E-state index is 11.8. The summed E-state index contributed by atoms with van der Waals surface area (Å²) in [6.45, 7) is 11.6. The molecule has 2 aliphatic heterocycles. The second-order valence-corrected chi connectivity index (χ2v) is 6.04. The van der Waals surface area contributed by atoms with Gasteiger partial charge in [-0.3, -0.25) is 0 Å². The van der Waals surface area contributed by atoms with E-state index < -0.39 is 5.60 Å². The molecule has 0 aromatic carbocycles. The van der Waals surface area contributed by atoms with Gasteiger partial charge in [0.1, 0.15) is 11.2 Å². The number of hydrogen-bond acceptors (Lipinski definition) is 3. The van der Waals surface area contributed by atoms with Crippen LogP contribution in [0.1, 0.15) is 33.6 Å². The van der Waals surface area contributed by atoms with Gasteiger partial charge in [0.25, 0.3) is 0 Å². The van der Waals surface area contributed by atoms with Crippen molar-refractivity contribution in [1.29, 1.82) is 0 Å². The van der Waals surface area contributed by atoms with Gasteiger partial charge in [0.15, 0.2) is 0 Å². The lowest BCUT2D eigenvalue weighted by Gasteiger charge is -2.51. The van der Waals surface area contributed by atoms with Gasteiger partial charge >= 0.3 is 6.09 Å². The number of amides is 1. The number of carbonyl (C=O) groups excluding carboxylic acids is 1. The first-order chi connectivity index (χ1) is 7.80. The van der Waals surface area contributed by atoms with Crippen LogP contribution in [0.4, 0.5) is 4.79 Å². The lowest BCUT2D eigenvalue weighted by Crippen LogP contribution is -2.66. The van der Waals surface area contributed by atoms with Crippen LogP contribution in [0.2, 0.25) is 0 Å². The van der Waals surface area contributed by atoms with Gasteiger partial charge in [-0.25, -0.2) is 4.79 Å². The van der Waals surface area contributed by atoms with Crippen molar-refractivity contribution in [3.05, 3.63) is 12.2 Å². The fourth-order valence-electron chi connectivity index (χ4n) is 2.31. The molecule has 96 valence electrons. The average Bonchev–Trinajstić information content (AvgIpc) is 2.10. The molecule has 0 radical (unpaired) electrons. The van der Waals surface area contributed by atoms with E-state index in [0.29, 0.717) is 13.1 Å². The van der Waals surface area contributed by atoms with Gasteiger partial charge < -0.3 is 14.4 Å². The lowest BCUT2D eigenvalue weighted by molar-refractivity contribution is -0.149. The number of ether oxygens (including phenoxy) is 2. The minimum atomic E-state index is -0.434. The molecular weight excluding hydrogens is 218 g/mol. The van der Waals surface area contributed by atoms with Gasteiger partial charge in [0, 0.05) is 6.42 Å². The number of hydrogen-bond donors (Lipinski definition) is 0. The summed E-state index contributed by atoms with van der Waals surface area (Å²) in [7, 11) is 0. The largest absolute Gasteiger partial charge is 0.444 e. The predicted octanol–water partition coefficient (Wildman–Crippen LogP) is 2.34. The van der Waals surface area contributed by atoms with Gasteiger partial charge in [-0.1, -0.05) is 12.2 Å². The van der Waals surface area contributed by atoms with Crippen LogP contribution in [-0.2, 0) is 9.47 Å². The predicted molar refractivity (Wildman–Crippen MR) is 64.9 cm³/mol. The highest BCUT2D eigenvalue weighted by atomic mass is 16.6. The van der Waals surface area contributed by atoms with Crippen molar-refractivity contribution in [3.8, 4) is 0 Å². The highest BCUT2D eigenvalue weighted by Crippen LogP contribution is 2.36. The molecular formula is C13H21NO3. The molecule has 4 heteroatoms. The molecule has 2 aliphatic rings. The van der Waals surface area contributed by atoms with Crippen molar-refractivity contribution in [3.63, 3.8) is 0 Å². The third-order valence-electron chi connectivity index (χ3n) is 3.05. The van der Waals surface area contributed by atoms with E-state index in [9.17, 15) is 4.79 Å². The maximum absolute atomic E-state index is 11.8. The van der Waals surface area contributed by atoms with E-state index in [1.165, 1.54) is 5.57 Å². The van der Waals surface area contributed by atoms with Crippen LogP contribution >= 0.6 is 0 Å². The summed E-state index contributed by atoms with van der Waals surface area (Å²) in [4.78, 5) is 13.5. The topological polar surface area (TPSA) is 38.8 Å². The van der Waals surface area contributed by atoms with Crippen LogP contribution in [0.25, 0.3) is 0 Å². The standard InChI is InChI=1S/C13H21NO3/c1-10-5-6-16-13(7-10)8-14(9-13)11(15)17-12(2,3)4/h1,5-9H2,2-4H3. The maximum Gasteiger partial charge on any atom is 0.410 e. The minimum Gasteiger partial charge on any atom is -0.444 e. The Hall–Kier alpha value is -1.03. The van der Waals surface area contributed by atoms with E-state index in [0.717, 1.165) is 19.4 Å². The van der Waals surface area contributed by atoms with E-state index in [-0.39, 0.29) is 11.7 Å². The van der Waals surface area contributed by atoms with E-state index in [2.05, 4.69) is 6.58 Å². The third kappa shape index (κ3) is 2.80. The first kappa shape index (κ1) is 12.4. The van der Waals surface area contributed by atoms with Crippen LogP contribution in [0.3, 0.4) is 0 Å². The Labute approximate surface area is 103 Å². The molecule has 4 nitrogen and oxygen atoms in total. The van der Waals surface area contributed by atoms with Gasteiger partial charge in [0.05, 0.1) is 19.7 Å². The number of likely N-dealkylation sites (tertiary alicyclic amines) is 1. The van der Waals surface area contributed by atoms with Crippen LogP contribution < -0.4 is 0 Å². The SMILES string of the molecule is C=C1CCOC2(C1)CN(C(=O)OC(C)(C)C)C2. The lowest BCUT2D eigenvalue weighted by atomic mass is 9.84. The Morgan fingerprint density at radius 1 is 1.47 bits per heavy atom. The van der Waals surface area contributed by atoms with Gasteiger partial charge in [-0.2, -0.15) is 0 Å². The molecule has 2 fully saturated rings. The zero-order chi connectivity index (χ0) is 12.7. The van der Waals surface area contributed by atoms with E-state index in [1.54, 1.807) is 4.90 Å². The van der Waals surface area contributed by atoms with Crippen LogP contribution in [0, 0.1) is 0 Å². The van der Waals surface area contributed by atoms with Gasteiger partial charge in [-0.15, -0.1) is 0 Å². The summed E-state index contributed by atoms with van der Waals surface area (Å²) in [6.07, 6.45) is 1.56. The van der Waals surface area contributed by atoms with Gasteiger partial charge in [0.2, 0.25) is 0 Å². The Kier molecular flexibility index (Phi) is 2.94. The summed E-state index contributed by atoms with van der Waals surface area (Å²) in [6, 6.07) is 0. The van der Waals surface area contributed by atoms with Crippen LogP contribution in [0.15, 0.2) is 12.2 Å². The van der Waals surface area contributed by atoms with E-state index >= 15 is 0 Å². The Morgan fingerprint density at radius 3 is 2.65 bits per heavy atom. The number of carbonyl (C=O) groups is 1. The van der Waals surface area contributed by atoms with Crippen molar-refractivity contribution in [1.82, 2.24) is 4.90 Å². The summed E-state index contributed by atoms with van der Waals surface area (Å²) in [5.74, 6) is 0. The fraction of sp³-hybridized carbons (Fsp3) is 0.769. The summed E-state index contributed by atoms with van der Waals surface area (Å²) < 4.78 is 11.1. The van der Waals surface area contributed by atoms with E-state index in [1.807, 2.05) is 20.8 Å². The Balaban J connectivity index is 1.85. The summed E-state index contributed by atoms with van der Waals surface area (Å²) >= 11 is 0. The van der Waals surface area contributed by atoms with Crippen molar-refractivity contribution < 1.29 is 14.3 Å². The molecule has 0 aliphatic carbocycles. The quantitative estimate of drug-likeness (QED) is 0.609. The molecule has 0 saturated carbocycles. The molecule has 2 heterocycles.